The highest BCUT2D eigenvalue weighted by atomic mass is 16.4. The Balaban J connectivity index is 2.85. The van der Waals surface area contributed by atoms with E-state index in [1.165, 1.54) is 23.2 Å². The zero-order chi connectivity index (χ0) is 15.1. The lowest BCUT2D eigenvalue weighted by atomic mass is 10.2. The third-order valence-electron chi connectivity index (χ3n) is 2.54. The molecule has 1 amide bonds. The fourth-order valence-corrected chi connectivity index (χ4v) is 1.48. The summed E-state index contributed by atoms with van der Waals surface area (Å²) in [6.45, 7) is 0.462. The van der Waals surface area contributed by atoms with Crippen LogP contribution in [0.4, 0.5) is 0 Å². The standard InChI is InChI=1S/C13H16N4O3/c1-16(2)5-6-17(9-12(18)19)13(20)11-4-3-10(7-14)8-15-11/h3-4,8H,5-6,9H2,1-2H3,(H,18,19). The first-order valence-corrected chi connectivity index (χ1v) is 5.96. The number of hydrogen-bond acceptors (Lipinski definition) is 5. The van der Waals surface area contributed by atoms with Crippen molar-refractivity contribution < 1.29 is 14.7 Å². The van der Waals surface area contributed by atoms with E-state index in [0.717, 1.165) is 0 Å². The Hall–Kier alpha value is -2.46. The van der Waals surface area contributed by atoms with Gasteiger partial charge in [0.25, 0.3) is 5.91 Å². The Bertz CT molecular complexity index is 519. The van der Waals surface area contributed by atoms with Crippen LogP contribution < -0.4 is 0 Å². The summed E-state index contributed by atoms with van der Waals surface area (Å²) in [5, 5.41) is 17.5. The molecular weight excluding hydrogens is 260 g/mol. The molecule has 0 aliphatic heterocycles. The molecule has 0 bridgehead atoms. The minimum absolute atomic E-state index is 0.129. The van der Waals surface area contributed by atoms with Gasteiger partial charge < -0.3 is 14.9 Å². The van der Waals surface area contributed by atoms with Gasteiger partial charge in [0.05, 0.1) is 5.56 Å². The number of nitriles is 1. The maximum absolute atomic E-state index is 12.2. The molecule has 0 aromatic carbocycles. The number of nitrogens with zero attached hydrogens (tertiary/aromatic N) is 4. The van der Waals surface area contributed by atoms with Crippen LogP contribution in [0.3, 0.4) is 0 Å². The minimum atomic E-state index is -1.08. The van der Waals surface area contributed by atoms with Gasteiger partial charge in [-0.2, -0.15) is 5.26 Å². The van der Waals surface area contributed by atoms with E-state index in [4.69, 9.17) is 10.4 Å². The fourth-order valence-electron chi connectivity index (χ4n) is 1.48. The summed E-state index contributed by atoms with van der Waals surface area (Å²) >= 11 is 0. The molecule has 1 heterocycles. The zero-order valence-electron chi connectivity index (χ0n) is 11.4. The van der Waals surface area contributed by atoms with E-state index >= 15 is 0 Å². The molecule has 0 aliphatic rings. The van der Waals surface area contributed by atoms with Crippen molar-refractivity contribution in [1.82, 2.24) is 14.8 Å². The maximum atomic E-state index is 12.2. The highest BCUT2D eigenvalue weighted by Crippen LogP contribution is 2.04. The van der Waals surface area contributed by atoms with Crippen molar-refractivity contribution >= 4 is 11.9 Å². The van der Waals surface area contributed by atoms with Gasteiger partial charge in [-0.25, -0.2) is 4.98 Å². The molecule has 20 heavy (non-hydrogen) atoms. The summed E-state index contributed by atoms with van der Waals surface area (Å²) in [7, 11) is 3.67. The molecule has 0 saturated carbocycles. The third kappa shape index (κ3) is 4.66. The normalized spacial score (nSPS) is 10.1. The summed E-state index contributed by atoms with van der Waals surface area (Å²) < 4.78 is 0. The number of carboxylic acid groups (broad SMARTS) is 1. The number of rotatable bonds is 6. The lowest BCUT2D eigenvalue weighted by Crippen LogP contribution is -2.40. The molecule has 7 heteroatoms. The van der Waals surface area contributed by atoms with Crippen molar-refractivity contribution in [1.29, 1.82) is 5.26 Å². The van der Waals surface area contributed by atoms with E-state index in [0.29, 0.717) is 18.7 Å². The van der Waals surface area contributed by atoms with E-state index in [1.807, 2.05) is 25.1 Å². The van der Waals surface area contributed by atoms with Crippen LogP contribution in [-0.2, 0) is 4.79 Å². The van der Waals surface area contributed by atoms with Crippen LogP contribution in [0, 0.1) is 11.3 Å². The van der Waals surface area contributed by atoms with Crippen molar-refractivity contribution in [3.05, 3.63) is 29.6 Å². The van der Waals surface area contributed by atoms with Gasteiger partial charge in [-0.3, -0.25) is 9.59 Å². The second kappa shape index (κ2) is 7.21. The van der Waals surface area contributed by atoms with Crippen molar-refractivity contribution in [2.75, 3.05) is 33.7 Å². The topological polar surface area (TPSA) is 97.5 Å². The summed E-state index contributed by atoms with van der Waals surface area (Å²) in [5.41, 5.74) is 0.476. The molecule has 0 atom stereocenters. The quantitative estimate of drug-likeness (QED) is 0.788. The van der Waals surface area contributed by atoms with Crippen LogP contribution >= 0.6 is 0 Å². The van der Waals surface area contributed by atoms with Crippen LogP contribution in [0.5, 0.6) is 0 Å². The molecule has 1 rings (SSSR count). The predicted molar refractivity (Wildman–Crippen MR) is 71.0 cm³/mol. The van der Waals surface area contributed by atoms with Gasteiger partial charge in [0.1, 0.15) is 18.3 Å². The van der Waals surface area contributed by atoms with Crippen molar-refractivity contribution in [2.24, 2.45) is 0 Å². The number of amides is 1. The third-order valence-corrected chi connectivity index (χ3v) is 2.54. The van der Waals surface area contributed by atoms with Gasteiger partial charge >= 0.3 is 5.97 Å². The maximum Gasteiger partial charge on any atom is 0.323 e. The molecule has 0 saturated heterocycles. The number of carbonyl (C=O) groups excluding carboxylic acids is 1. The Morgan fingerprint density at radius 2 is 2.05 bits per heavy atom. The van der Waals surface area contributed by atoms with Gasteiger partial charge in [0.2, 0.25) is 0 Å². The van der Waals surface area contributed by atoms with Crippen LogP contribution in [0.1, 0.15) is 16.1 Å². The summed E-state index contributed by atoms with van der Waals surface area (Å²) in [6.07, 6.45) is 1.29. The monoisotopic (exact) mass is 276 g/mol. The van der Waals surface area contributed by atoms with Gasteiger partial charge in [-0.05, 0) is 26.2 Å². The van der Waals surface area contributed by atoms with Crippen molar-refractivity contribution in [3.8, 4) is 6.07 Å². The highest BCUT2D eigenvalue weighted by molar-refractivity contribution is 5.94. The molecule has 106 valence electrons. The van der Waals surface area contributed by atoms with E-state index in [-0.39, 0.29) is 12.2 Å². The zero-order valence-corrected chi connectivity index (χ0v) is 11.4. The number of carboxylic acids is 1. The Morgan fingerprint density at radius 1 is 1.35 bits per heavy atom. The van der Waals surface area contributed by atoms with E-state index in [1.54, 1.807) is 0 Å². The molecule has 0 fully saturated rings. The highest BCUT2D eigenvalue weighted by Gasteiger charge is 2.19. The molecule has 7 nitrogen and oxygen atoms in total. The molecular formula is C13H16N4O3. The lowest BCUT2D eigenvalue weighted by Gasteiger charge is -2.22. The number of likely N-dealkylation sites (N-methyl/N-ethyl adjacent to an activating group) is 1. The average molecular weight is 276 g/mol. The summed E-state index contributed by atoms with van der Waals surface area (Å²) in [6, 6.07) is 4.81. The fraction of sp³-hybridized carbons (Fsp3) is 0.385. The van der Waals surface area contributed by atoms with Crippen molar-refractivity contribution in [3.63, 3.8) is 0 Å². The van der Waals surface area contributed by atoms with Crippen LogP contribution in [0.25, 0.3) is 0 Å². The predicted octanol–water partition coefficient (Wildman–Crippen LogP) is 0.0417. The second-order valence-corrected chi connectivity index (χ2v) is 4.47. The molecule has 0 radical (unpaired) electrons. The lowest BCUT2D eigenvalue weighted by molar-refractivity contribution is -0.137. The molecule has 1 aromatic rings. The smallest absolute Gasteiger partial charge is 0.323 e. The molecule has 1 N–H and O–H groups in total. The van der Waals surface area contributed by atoms with E-state index < -0.39 is 11.9 Å². The molecule has 0 unspecified atom stereocenters. The Morgan fingerprint density at radius 3 is 2.50 bits per heavy atom. The second-order valence-electron chi connectivity index (χ2n) is 4.47. The van der Waals surface area contributed by atoms with Crippen molar-refractivity contribution in [2.45, 2.75) is 0 Å². The van der Waals surface area contributed by atoms with Gasteiger partial charge in [-0.1, -0.05) is 0 Å². The first-order chi connectivity index (χ1) is 9.43. The minimum Gasteiger partial charge on any atom is -0.480 e. The number of pyridine rings is 1. The summed E-state index contributed by atoms with van der Waals surface area (Å²) in [5.74, 6) is -1.54. The van der Waals surface area contributed by atoms with Crippen LogP contribution in [0.2, 0.25) is 0 Å². The number of hydrogen-bond donors (Lipinski definition) is 1. The first kappa shape index (κ1) is 15.6. The number of carbonyl (C=O) groups is 2. The molecule has 0 spiro atoms. The SMILES string of the molecule is CN(C)CCN(CC(=O)O)C(=O)c1ccc(C#N)cn1. The largest absolute Gasteiger partial charge is 0.480 e. The number of aliphatic carboxylic acids is 1. The average Bonchev–Trinajstić information content (AvgIpc) is 2.42. The van der Waals surface area contributed by atoms with Gasteiger partial charge in [-0.15, -0.1) is 0 Å². The summed E-state index contributed by atoms with van der Waals surface area (Å²) in [4.78, 5) is 30.0. The molecule has 0 aliphatic carbocycles. The van der Waals surface area contributed by atoms with E-state index in [2.05, 4.69) is 4.98 Å². The Labute approximate surface area is 117 Å². The van der Waals surface area contributed by atoms with Crippen LogP contribution in [0.15, 0.2) is 18.3 Å². The van der Waals surface area contributed by atoms with Gasteiger partial charge in [0, 0.05) is 19.3 Å². The van der Waals surface area contributed by atoms with Crippen LogP contribution in [-0.4, -0.2) is 65.5 Å². The Kier molecular flexibility index (Phi) is 5.62. The van der Waals surface area contributed by atoms with E-state index in [9.17, 15) is 9.59 Å². The van der Waals surface area contributed by atoms with Gasteiger partial charge in [0.15, 0.2) is 0 Å². The molecule has 1 aromatic heterocycles. The first-order valence-electron chi connectivity index (χ1n) is 5.96. The number of aromatic nitrogens is 1.